The number of carbonyl (C=O) groups excluding carboxylic acids is 1. The average molecular weight is 341 g/mol. The summed E-state index contributed by atoms with van der Waals surface area (Å²) in [7, 11) is 1.64. The molecule has 2 heterocycles. The topological polar surface area (TPSA) is 56.1 Å². The number of hydrogen-bond donors (Lipinski definition) is 1. The third-order valence-electron chi connectivity index (χ3n) is 4.46. The lowest BCUT2D eigenvalue weighted by atomic mass is 10.2. The van der Waals surface area contributed by atoms with Crippen LogP contribution in [0.1, 0.15) is 40.6 Å². The van der Waals surface area contributed by atoms with Gasteiger partial charge in [0.1, 0.15) is 5.75 Å². The molecule has 0 saturated heterocycles. The lowest BCUT2D eigenvalue weighted by molar-refractivity contribution is 0.102. The first-order valence-corrected chi connectivity index (χ1v) is 8.83. The van der Waals surface area contributed by atoms with Gasteiger partial charge in [-0.3, -0.25) is 10.1 Å². The molecule has 1 saturated carbocycles. The van der Waals surface area contributed by atoms with E-state index in [0.29, 0.717) is 11.2 Å². The normalized spacial score (nSPS) is 14.1. The van der Waals surface area contributed by atoms with Crippen molar-refractivity contribution in [2.45, 2.75) is 32.7 Å². The summed E-state index contributed by atoms with van der Waals surface area (Å²) in [5.74, 6) is 0.693. The molecular weight excluding hydrogens is 322 g/mol. The Kier molecular flexibility index (Phi) is 3.57. The molecule has 6 heteroatoms. The molecule has 1 aliphatic carbocycles. The van der Waals surface area contributed by atoms with Crippen molar-refractivity contribution in [1.82, 2.24) is 9.55 Å². The van der Waals surface area contributed by atoms with Crippen molar-refractivity contribution in [3.63, 3.8) is 0 Å². The second-order valence-electron chi connectivity index (χ2n) is 6.19. The first kappa shape index (κ1) is 15.2. The van der Waals surface area contributed by atoms with Gasteiger partial charge in [0.05, 0.1) is 22.9 Å². The molecule has 1 fully saturated rings. The summed E-state index contributed by atoms with van der Waals surface area (Å²) in [4.78, 5) is 17.1. The number of methoxy groups -OCH3 is 1. The van der Waals surface area contributed by atoms with Gasteiger partial charge < -0.3 is 9.30 Å². The number of rotatable bonds is 4. The van der Waals surface area contributed by atoms with Gasteiger partial charge in [0.25, 0.3) is 5.91 Å². The Labute approximate surface area is 144 Å². The molecular formula is C18H19N3O2S. The zero-order valence-corrected chi connectivity index (χ0v) is 14.7. The van der Waals surface area contributed by atoms with Crippen molar-refractivity contribution in [2.24, 2.45) is 0 Å². The van der Waals surface area contributed by atoms with Crippen LogP contribution in [0.3, 0.4) is 0 Å². The van der Waals surface area contributed by atoms with E-state index >= 15 is 0 Å². The van der Waals surface area contributed by atoms with Crippen LogP contribution in [0.25, 0.3) is 10.2 Å². The maximum Gasteiger partial charge on any atom is 0.259 e. The van der Waals surface area contributed by atoms with Crippen LogP contribution in [0, 0.1) is 13.8 Å². The third kappa shape index (κ3) is 2.57. The predicted molar refractivity (Wildman–Crippen MR) is 96.3 cm³/mol. The molecule has 24 heavy (non-hydrogen) atoms. The highest BCUT2D eigenvalue weighted by Crippen LogP contribution is 2.38. The number of aromatic nitrogens is 2. The Morgan fingerprint density at radius 3 is 2.83 bits per heavy atom. The van der Waals surface area contributed by atoms with Crippen molar-refractivity contribution >= 4 is 32.6 Å². The predicted octanol–water partition coefficient (Wildman–Crippen LogP) is 4.31. The second kappa shape index (κ2) is 5.63. The Balaban J connectivity index is 1.61. The van der Waals surface area contributed by atoms with E-state index < -0.39 is 0 Å². The Hall–Kier alpha value is -2.34. The zero-order chi connectivity index (χ0) is 16.8. The lowest BCUT2D eigenvalue weighted by Crippen LogP contribution is -2.13. The van der Waals surface area contributed by atoms with E-state index in [-0.39, 0.29) is 5.91 Å². The molecule has 4 rings (SSSR count). The molecule has 1 aliphatic rings. The molecule has 1 aromatic carbocycles. The van der Waals surface area contributed by atoms with E-state index in [4.69, 9.17) is 4.74 Å². The van der Waals surface area contributed by atoms with E-state index in [0.717, 1.165) is 32.9 Å². The van der Waals surface area contributed by atoms with E-state index in [1.807, 2.05) is 31.2 Å². The number of nitrogens with zero attached hydrogens (tertiary/aromatic N) is 2. The quantitative estimate of drug-likeness (QED) is 0.769. The fourth-order valence-corrected chi connectivity index (χ4v) is 4.04. The Morgan fingerprint density at radius 2 is 2.12 bits per heavy atom. The average Bonchev–Trinajstić information content (AvgIpc) is 3.23. The molecule has 0 aliphatic heterocycles. The van der Waals surface area contributed by atoms with Crippen molar-refractivity contribution < 1.29 is 9.53 Å². The second-order valence-corrected chi connectivity index (χ2v) is 7.22. The maximum atomic E-state index is 12.7. The minimum absolute atomic E-state index is 0.0963. The van der Waals surface area contributed by atoms with Gasteiger partial charge in [-0.2, -0.15) is 0 Å². The first-order valence-electron chi connectivity index (χ1n) is 8.01. The van der Waals surface area contributed by atoms with Gasteiger partial charge in [0, 0.05) is 17.4 Å². The summed E-state index contributed by atoms with van der Waals surface area (Å²) >= 11 is 1.46. The van der Waals surface area contributed by atoms with Crippen molar-refractivity contribution in [3.8, 4) is 5.75 Å². The summed E-state index contributed by atoms with van der Waals surface area (Å²) in [5, 5.41) is 3.55. The number of aryl methyl sites for hydroxylation is 1. The minimum Gasteiger partial charge on any atom is -0.497 e. The molecule has 3 aromatic rings. The van der Waals surface area contributed by atoms with Gasteiger partial charge in [0.15, 0.2) is 5.13 Å². The van der Waals surface area contributed by atoms with Gasteiger partial charge in [0.2, 0.25) is 0 Å². The van der Waals surface area contributed by atoms with Crippen LogP contribution in [0.5, 0.6) is 5.75 Å². The molecule has 0 atom stereocenters. The number of benzene rings is 1. The van der Waals surface area contributed by atoms with Crippen molar-refractivity contribution in [3.05, 3.63) is 41.2 Å². The van der Waals surface area contributed by atoms with E-state index in [1.54, 1.807) is 7.11 Å². The number of ether oxygens (including phenoxy) is 1. The summed E-state index contributed by atoms with van der Waals surface area (Å²) in [6, 6.07) is 8.25. The third-order valence-corrected chi connectivity index (χ3v) is 5.39. The number of anilines is 1. The number of amides is 1. The summed E-state index contributed by atoms with van der Waals surface area (Å²) in [6.45, 7) is 4.08. The minimum atomic E-state index is -0.0963. The fourth-order valence-electron chi connectivity index (χ4n) is 3.15. The van der Waals surface area contributed by atoms with E-state index in [1.165, 1.54) is 24.2 Å². The SMILES string of the molecule is COc1ccc2nc(NC(=O)c3cc(C)n(C4CC4)c3C)sc2c1. The molecule has 1 N–H and O–H groups in total. The van der Waals surface area contributed by atoms with Gasteiger partial charge in [-0.25, -0.2) is 4.98 Å². The molecule has 2 aromatic heterocycles. The monoisotopic (exact) mass is 341 g/mol. The number of carbonyl (C=O) groups is 1. The molecule has 0 unspecified atom stereocenters. The molecule has 5 nitrogen and oxygen atoms in total. The number of hydrogen-bond acceptors (Lipinski definition) is 4. The van der Waals surface area contributed by atoms with Crippen LogP contribution in [0.2, 0.25) is 0 Å². The highest BCUT2D eigenvalue weighted by Gasteiger charge is 2.28. The maximum absolute atomic E-state index is 12.7. The Morgan fingerprint density at radius 1 is 1.33 bits per heavy atom. The standard InChI is InChI=1S/C18H19N3O2S/c1-10-8-14(11(2)21(10)12-4-5-12)17(22)20-18-19-15-7-6-13(23-3)9-16(15)24-18/h6-9,12H,4-5H2,1-3H3,(H,19,20,22). The molecule has 124 valence electrons. The van der Waals surface area contributed by atoms with Gasteiger partial charge in [-0.15, -0.1) is 0 Å². The first-order chi connectivity index (χ1) is 11.6. The highest BCUT2D eigenvalue weighted by molar-refractivity contribution is 7.22. The van der Waals surface area contributed by atoms with E-state index in [2.05, 4.69) is 21.8 Å². The summed E-state index contributed by atoms with van der Waals surface area (Å²) in [6.07, 6.45) is 2.41. The van der Waals surface area contributed by atoms with Crippen LogP contribution in [0.4, 0.5) is 5.13 Å². The van der Waals surface area contributed by atoms with Gasteiger partial charge in [-0.1, -0.05) is 11.3 Å². The summed E-state index contributed by atoms with van der Waals surface area (Å²) in [5.41, 5.74) is 3.78. The molecule has 0 radical (unpaired) electrons. The number of fused-ring (bicyclic) bond motifs is 1. The number of nitrogens with one attached hydrogen (secondary N) is 1. The lowest BCUT2D eigenvalue weighted by Gasteiger charge is -2.07. The van der Waals surface area contributed by atoms with Gasteiger partial charge >= 0.3 is 0 Å². The van der Waals surface area contributed by atoms with Gasteiger partial charge in [-0.05, 0) is 51.0 Å². The Bertz CT molecular complexity index is 937. The van der Waals surface area contributed by atoms with Crippen molar-refractivity contribution in [1.29, 1.82) is 0 Å². The largest absolute Gasteiger partial charge is 0.497 e. The van der Waals surface area contributed by atoms with Crippen LogP contribution in [-0.2, 0) is 0 Å². The molecule has 1 amide bonds. The smallest absolute Gasteiger partial charge is 0.259 e. The molecule has 0 bridgehead atoms. The van der Waals surface area contributed by atoms with Crippen molar-refractivity contribution in [2.75, 3.05) is 12.4 Å². The van der Waals surface area contributed by atoms with Crippen LogP contribution < -0.4 is 10.1 Å². The van der Waals surface area contributed by atoms with Crippen LogP contribution >= 0.6 is 11.3 Å². The number of thiazole rings is 1. The molecule has 0 spiro atoms. The van der Waals surface area contributed by atoms with Crippen LogP contribution in [0.15, 0.2) is 24.3 Å². The zero-order valence-electron chi connectivity index (χ0n) is 13.9. The van der Waals surface area contributed by atoms with Crippen LogP contribution in [-0.4, -0.2) is 22.6 Å². The summed E-state index contributed by atoms with van der Waals surface area (Å²) < 4.78 is 8.50. The fraction of sp³-hybridized carbons (Fsp3) is 0.333. The van der Waals surface area contributed by atoms with E-state index in [9.17, 15) is 4.79 Å². The highest BCUT2D eigenvalue weighted by atomic mass is 32.1.